The van der Waals surface area contributed by atoms with Gasteiger partial charge in [-0.05, 0) is 38.1 Å². The summed E-state index contributed by atoms with van der Waals surface area (Å²) in [4.78, 5) is 12.3. The monoisotopic (exact) mass is 392 g/mol. The number of amides is 1. The van der Waals surface area contributed by atoms with Crippen molar-refractivity contribution in [1.29, 1.82) is 0 Å². The van der Waals surface area contributed by atoms with Crippen molar-refractivity contribution in [3.8, 4) is 0 Å². The van der Waals surface area contributed by atoms with Crippen molar-refractivity contribution in [2.45, 2.75) is 20.4 Å². The van der Waals surface area contributed by atoms with E-state index in [0.29, 0.717) is 23.6 Å². The normalized spacial score (nSPS) is 10.7. The molecule has 0 radical (unpaired) electrons. The molecule has 1 N–H and O–H groups in total. The highest BCUT2D eigenvalue weighted by atomic mass is 79.9. The Morgan fingerprint density at radius 1 is 1.26 bits per heavy atom. The summed E-state index contributed by atoms with van der Waals surface area (Å²) in [7, 11) is 0. The lowest BCUT2D eigenvalue weighted by molar-refractivity contribution is 0.102. The van der Waals surface area contributed by atoms with E-state index < -0.39 is 0 Å². The van der Waals surface area contributed by atoms with E-state index in [0.717, 1.165) is 27.6 Å². The molecule has 7 nitrogen and oxygen atoms in total. The van der Waals surface area contributed by atoms with Crippen molar-refractivity contribution >= 4 is 39.3 Å². The van der Waals surface area contributed by atoms with Gasteiger partial charge >= 0.3 is 0 Å². The van der Waals surface area contributed by atoms with Crippen LogP contribution in [0.4, 0.5) is 5.69 Å². The summed E-state index contributed by atoms with van der Waals surface area (Å²) < 4.78 is 11.0. The van der Waals surface area contributed by atoms with Gasteiger partial charge in [0.15, 0.2) is 5.69 Å². The average molecular weight is 393 g/mol. The molecule has 1 amide bonds. The quantitative estimate of drug-likeness (QED) is 0.737. The van der Waals surface area contributed by atoms with Crippen LogP contribution in [0.15, 0.2) is 28.7 Å². The highest BCUT2D eigenvalue weighted by Crippen LogP contribution is 2.16. The van der Waals surface area contributed by atoms with Crippen molar-refractivity contribution in [3.63, 3.8) is 0 Å². The molecule has 0 saturated heterocycles. The van der Waals surface area contributed by atoms with Gasteiger partial charge in [0.25, 0.3) is 5.91 Å². The predicted octanol–water partition coefficient (Wildman–Crippen LogP) is 2.81. The van der Waals surface area contributed by atoms with Gasteiger partial charge in [0.1, 0.15) is 0 Å². The Labute approximate surface area is 145 Å². The molecule has 3 aromatic rings. The average Bonchev–Trinajstić information content (AvgIpc) is 3.09. The van der Waals surface area contributed by atoms with Crippen LogP contribution < -0.4 is 5.32 Å². The molecule has 0 aliphatic heterocycles. The lowest BCUT2D eigenvalue weighted by atomic mass is 10.2. The van der Waals surface area contributed by atoms with Crippen molar-refractivity contribution in [1.82, 2.24) is 23.7 Å². The van der Waals surface area contributed by atoms with E-state index in [-0.39, 0.29) is 5.91 Å². The number of rotatable bonds is 4. The molecule has 9 heteroatoms. The Morgan fingerprint density at radius 2 is 2.00 bits per heavy atom. The Balaban J connectivity index is 1.77. The molecule has 2 aromatic heterocycles. The van der Waals surface area contributed by atoms with Crippen molar-refractivity contribution < 1.29 is 4.79 Å². The number of halogens is 1. The van der Waals surface area contributed by atoms with Crippen LogP contribution in [-0.2, 0) is 6.54 Å². The van der Waals surface area contributed by atoms with Crippen LogP contribution in [0.5, 0.6) is 0 Å². The largest absolute Gasteiger partial charge is 0.321 e. The van der Waals surface area contributed by atoms with E-state index in [1.165, 1.54) is 0 Å². The molecular formula is C14H13BrN6OS. The number of aryl methyl sites for hydroxylation is 1. The molecule has 2 heterocycles. The minimum Gasteiger partial charge on any atom is -0.321 e. The van der Waals surface area contributed by atoms with E-state index >= 15 is 0 Å². The second-order valence-electron chi connectivity index (χ2n) is 4.94. The molecule has 118 valence electrons. The molecular weight excluding hydrogens is 380 g/mol. The minimum absolute atomic E-state index is 0.288. The Kier molecular flexibility index (Phi) is 4.49. The first-order valence-electron chi connectivity index (χ1n) is 6.79. The molecule has 23 heavy (non-hydrogen) atoms. The summed E-state index contributed by atoms with van der Waals surface area (Å²) in [6.07, 6.45) is 0. The summed E-state index contributed by atoms with van der Waals surface area (Å²) >= 11 is 4.52. The van der Waals surface area contributed by atoms with Crippen LogP contribution in [0.25, 0.3) is 0 Å². The lowest BCUT2D eigenvalue weighted by Gasteiger charge is -2.04. The summed E-state index contributed by atoms with van der Waals surface area (Å²) in [6, 6.07) is 7.34. The van der Waals surface area contributed by atoms with Crippen LogP contribution in [-0.4, -0.2) is 29.6 Å². The molecule has 0 fully saturated rings. The first-order valence-corrected chi connectivity index (χ1v) is 8.32. The standard InChI is InChI=1S/C14H13BrN6OS/c1-8-12(19-23-18-8)7-21-9(2)13(17-20-21)14(22)16-11-5-3-10(15)4-6-11/h3-6H,7H2,1-2H3,(H,16,22). The van der Waals surface area contributed by atoms with Gasteiger partial charge in [-0.2, -0.15) is 8.75 Å². The molecule has 3 rings (SSSR count). The first-order chi connectivity index (χ1) is 11.0. The summed E-state index contributed by atoms with van der Waals surface area (Å²) in [5.41, 5.74) is 3.39. The van der Waals surface area contributed by atoms with E-state index in [1.54, 1.807) is 4.68 Å². The third-order valence-corrected chi connectivity index (χ3v) is 4.53. The van der Waals surface area contributed by atoms with Crippen LogP contribution in [0.2, 0.25) is 0 Å². The zero-order chi connectivity index (χ0) is 16.4. The van der Waals surface area contributed by atoms with Gasteiger partial charge in [0.05, 0.1) is 35.4 Å². The molecule has 0 aliphatic carbocycles. The number of anilines is 1. The van der Waals surface area contributed by atoms with Gasteiger partial charge in [-0.15, -0.1) is 5.10 Å². The third kappa shape index (κ3) is 3.45. The topological polar surface area (TPSA) is 85.6 Å². The predicted molar refractivity (Wildman–Crippen MR) is 90.6 cm³/mol. The third-order valence-electron chi connectivity index (χ3n) is 3.35. The van der Waals surface area contributed by atoms with Gasteiger partial charge in [-0.25, -0.2) is 4.68 Å². The molecule has 0 saturated carbocycles. The Morgan fingerprint density at radius 3 is 2.65 bits per heavy atom. The van der Waals surface area contributed by atoms with Crippen LogP contribution in [0.3, 0.4) is 0 Å². The number of nitrogens with zero attached hydrogens (tertiary/aromatic N) is 5. The number of carbonyl (C=O) groups is 1. The van der Waals surface area contributed by atoms with Crippen LogP contribution in [0, 0.1) is 13.8 Å². The molecule has 0 unspecified atom stereocenters. The molecule has 1 aromatic carbocycles. The zero-order valence-corrected chi connectivity index (χ0v) is 14.8. The van der Waals surface area contributed by atoms with Crippen molar-refractivity contribution in [2.75, 3.05) is 5.32 Å². The van der Waals surface area contributed by atoms with Gasteiger partial charge in [-0.1, -0.05) is 21.1 Å². The smallest absolute Gasteiger partial charge is 0.278 e. The number of benzene rings is 1. The molecule has 0 spiro atoms. The second kappa shape index (κ2) is 6.55. The maximum absolute atomic E-state index is 12.3. The van der Waals surface area contributed by atoms with Gasteiger partial charge < -0.3 is 5.32 Å². The number of aromatic nitrogens is 5. The van der Waals surface area contributed by atoms with Crippen molar-refractivity contribution in [2.24, 2.45) is 0 Å². The second-order valence-corrected chi connectivity index (χ2v) is 6.38. The first kappa shape index (κ1) is 15.8. The molecule has 0 atom stereocenters. The number of hydrogen-bond acceptors (Lipinski definition) is 6. The van der Waals surface area contributed by atoms with Gasteiger partial charge in [0, 0.05) is 10.2 Å². The number of hydrogen-bond donors (Lipinski definition) is 1. The van der Waals surface area contributed by atoms with Crippen LogP contribution >= 0.6 is 27.7 Å². The van der Waals surface area contributed by atoms with Crippen molar-refractivity contribution in [3.05, 3.63) is 51.5 Å². The highest BCUT2D eigenvalue weighted by molar-refractivity contribution is 9.10. The fraction of sp³-hybridized carbons (Fsp3) is 0.214. The van der Waals surface area contributed by atoms with E-state index in [2.05, 4.69) is 40.3 Å². The summed E-state index contributed by atoms with van der Waals surface area (Å²) in [5.74, 6) is -0.288. The van der Waals surface area contributed by atoms with Crippen LogP contribution in [0.1, 0.15) is 27.6 Å². The minimum atomic E-state index is -0.288. The maximum Gasteiger partial charge on any atom is 0.278 e. The van der Waals surface area contributed by atoms with E-state index in [1.807, 2.05) is 38.1 Å². The van der Waals surface area contributed by atoms with Gasteiger partial charge in [-0.3, -0.25) is 4.79 Å². The zero-order valence-electron chi connectivity index (χ0n) is 12.4. The fourth-order valence-electron chi connectivity index (χ4n) is 1.98. The fourth-order valence-corrected chi connectivity index (χ4v) is 2.80. The number of nitrogens with one attached hydrogen (secondary N) is 1. The molecule has 0 bridgehead atoms. The molecule has 0 aliphatic rings. The lowest BCUT2D eigenvalue weighted by Crippen LogP contribution is -2.14. The maximum atomic E-state index is 12.3. The van der Waals surface area contributed by atoms with E-state index in [4.69, 9.17) is 0 Å². The SMILES string of the molecule is Cc1nsnc1Cn1nnc(C(=O)Nc2ccc(Br)cc2)c1C. The Hall–Kier alpha value is -2.13. The number of carbonyl (C=O) groups excluding carboxylic acids is 1. The summed E-state index contributed by atoms with van der Waals surface area (Å²) in [6.45, 7) is 4.16. The van der Waals surface area contributed by atoms with Gasteiger partial charge in [0.2, 0.25) is 0 Å². The Bertz CT molecular complexity index is 841. The summed E-state index contributed by atoms with van der Waals surface area (Å²) in [5, 5.41) is 10.8. The highest BCUT2D eigenvalue weighted by Gasteiger charge is 2.18. The van der Waals surface area contributed by atoms with E-state index in [9.17, 15) is 4.79 Å².